The molecule has 6 nitrogen and oxygen atoms in total. The molecule has 2 heterocycles. The molecule has 1 amide bonds. The Bertz CT molecular complexity index is 938. The van der Waals surface area contributed by atoms with Gasteiger partial charge in [-0.2, -0.15) is 13.2 Å². The van der Waals surface area contributed by atoms with Gasteiger partial charge in [-0.25, -0.2) is 4.98 Å². The van der Waals surface area contributed by atoms with E-state index >= 15 is 0 Å². The van der Waals surface area contributed by atoms with Gasteiger partial charge >= 0.3 is 6.18 Å². The maximum atomic E-state index is 12.7. The van der Waals surface area contributed by atoms with Gasteiger partial charge in [-0.15, -0.1) is 0 Å². The highest BCUT2D eigenvalue weighted by Crippen LogP contribution is 2.30. The van der Waals surface area contributed by atoms with Gasteiger partial charge < -0.3 is 15.2 Å². The molecule has 9 heteroatoms. The van der Waals surface area contributed by atoms with E-state index in [0.29, 0.717) is 17.4 Å². The molecular formula is C17H13F3N4O2. The van der Waals surface area contributed by atoms with Gasteiger partial charge in [-0.05, 0) is 37.3 Å². The van der Waals surface area contributed by atoms with E-state index < -0.39 is 17.6 Å². The van der Waals surface area contributed by atoms with Crippen LogP contribution in [0.15, 0.2) is 53.2 Å². The molecule has 0 unspecified atom stereocenters. The number of halogens is 3. The Morgan fingerprint density at radius 1 is 1.12 bits per heavy atom. The first-order chi connectivity index (χ1) is 12.3. The summed E-state index contributed by atoms with van der Waals surface area (Å²) in [5, 5.41) is 9.06. The van der Waals surface area contributed by atoms with Gasteiger partial charge in [0.15, 0.2) is 5.82 Å². The Kier molecular flexibility index (Phi) is 4.61. The van der Waals surface area contributed by atoms with E-state index in [4.69, 9.17) is 4.52 Å². The molecule has 3 aromatic rings. The lowest BCUT2D eigenvalue weighted by Gasteiger charge is -2.10. The summed E-state index contributed by atoms with van der Waals surface area (Å²) in [5.41, 5.74) is -0.572. The van der Waals surface area contributed by atoms with Crippen molar-refractivity contribution in [3.63, 3.8) is 0 Å². The lowest BCUT2D eigenvalue weighted by Crippen LogP contribution is -2.13. The number of aromatic nitrogens is 2. The molecule has 2 N–H and O–H groups in total. The Labute approximate surface area is 146 Å². The second-order valence-electron chi connectivity index (χ2n) is 5.41. The number of amides is 1. The smallest absolute Gasteiger partial charge is 0.360 e. The van der Waals surface area contributed by atoms with Crippen LogP contribution < -0.4 is 10.6 Å². The molecule has 0 aliphatic heterocycles. The molecule has 1 aromatic carbocycles. The van der Waals surface area contributed by atoms with Gasteiger partial charge in [0, 0.05) is 23.5 Å². The molecule has 2 aromatic heterocycles. The third kappa shape index (κ3) is 4.18. The SMILES string of the molecule is Cc1cc(Nc2cc(C(=O)Nc3cccc(C(F)(F)F)c3)ccn2)no1. The number of alkyl halides is 3. The summed E-state index contributed by atoms with van der Waals surface area (Å²) in [6, 6.07) is 8.96. The van der Waals surface area contributed by atoms with Crippen LogP contribution in [0, 0.1) is 6.92 Å². The number of pyridine rings is 1. The first-order valence-electron chi connectivity index (χ1n) is 7.46. The van der Waals surface area contributed by atoms with Crippen molar-refractivity contribution in [2.75, 3.05) is 10.6 Å². The summed E-state index contributed by atoms with van der Waals surface area (Å²) in [6.07, 6.45) is -3.08. The molecule has 26 heavy (non-hydrogen) atoms. The van der Waals surface area contributed by atoms with Gasteiger partial charge in [0.2, 0.25) is 0 Å². The summed E-state index contributed by atoms with van der Waals surface area (Å²) in [4.78, 5) is 16.4. The molecule has 3 rings (SSSR count). The number of carbonyl (C=O) groups excluding carboxylic acids is 1. The van der Waals surface area contributed by atoms with Gasteiger partial charge in [-0.1, -0.05) is 11.2 Å². The number of anilines is 3. The highest BCUT2D eigenvalue weighted by atomic mass is 19.4. The van der Waals surface area contributed by atoms with Crippen LogP contribution in [0.3, 0.4) is 0 Å². The van der Waals surface area contributed by atoms with Crippen molar-refractivity contribution in [3.05, 3.63) is 65.5 Å². The zero-order valence-corrected chi connectivity index (χ0v) is 13.5. The average Bonchev–Trinajstić information content (AvgIpc) is 2.99. The molecule has 0 radical (unpaired) electrons. The van der Waals surface area contributed by atoms with Crippen molar-refractivity contribution in [1.29, 1.82) is 0 Å². The maximum absolute atomic E-state index is 12.7. The largest absolute Gasteiger partial charge is 0.416 e. The Hall–Kier alpha value is -3.36. The van der Waals surface area contributed by atoms with Crippen molar-refractivity contribution in [2.45, 2.75) is 13.1 Å². The van der Waals surface area contributed by atoms with E-state index in [0.717, 1.165) is 12.1 Å². The predicted molar refractivity (Wildman–Crippen MR) is 88.2 cm³/mol. The zero-order valence-electron chi connectivity index (χ0n) is 13.5. The number of hydrogen-bond donors (Lipinski definition) is 2. The topological polar surface area (TPSA) is 80.0 Å². The molecule has 134 valence electrons. The normalized spacial score (nSPS) is 11.2. The Morgan fingerprint density at radius 2 is 1.92 bits per heavy atom. The fourth-order valence-corrected chi connectivity index (χ4v) is 2.17. The third-order valence-electron chi connectivity index (χ3n) is 3.35. The molecule has 0 fully saturated rings. The summed E-state index contributed by atoms with van der Waals surface area (Å²) in [5.74, 6) is 0.803. The summed E-state index contributed by atoms with van der Waals surface area (Å²) < 4.78 is 43.2. The lowest BCUT2D eigenvalue weighted by atomic mass is 10.2. The van der Waals surface area contributed by atoms with Crippen LogP contribution in [-0.4, -0.2) is 16.0 Å². The second-order valence-corrected chi connectivity index (χ2v) is 5.41. The average molecular weight is 362 g/mol. The van der Waals surface area contributed by atoms with Crippen LogP contribution in [-0.2, 0) is 6.18 Å². The van der Waals surface area contributed by atoms with E-state index in [1.807, 2.05) is 0 Å². The van der Waals surface area contributed by atoms with Gasteiger partial charge in [0.05, 0.1) is 5.56 Å². The van der Waals surface area contributed by atoms with Crippen LogP contribution in [0.5, 0.6) is 0 Å². The summed E-state index contributed by atoms with van der Waals surface area (Å²) in [6.45, 7) is 1.73. The summed E-state index contributed by atoms with van der Waals surface area (Å²) >= 11 is 0. The minimum absolute atomic E-state index is 0.0447. The van der Waals surface area contributed by atoms with Crippen molar-refractivity contribution in [3.8, 4) is 0 Å². The first kappa shape index (κ1) is 17.5. The quantitative estimate of drug-likeness (QED) is 0.719. The number of nitrogens with zero attached hydrogens (tertiary/aromatic N) is 2. The minimum Gasteiger partial charge on any atom is -0.360 e. The van der Waals surface area contributed by atoms with Crippen LogP contribution in [0.25, 0.3) is 0 Å². The Balaban J connectivity index is 1.75. The molecule has 0 saturated carbocycles. The maximum Gasteiger partial charge on any atom is 0.416 e. The standard InChI is InChI=1S/C17H13F3N4O2/c1-10-7-15(24-26-10)23-14-8-11(5-6-21-14)16(25)22-13-4-2-3-12(9-13)17(18,19)20/h2-9H,1H3,(H,22,25)(H,21,23,24). The van der Waals surface area contributed by atoms with Gasteiger partial charge in [0.1, 0.15) is 11.6 Å². The van der Waals surface area contributed by atoms with Crippen molar-refractivity contribution < 1.29 is 22.5 Å². The number of nitrogens with one attached hydrogen (secondary N) is 2. The molecule has 0 aliphatic carbocycles. The molecule has 0 bridgehead atoms. The zero-order chi connectivity index (χ0) is 18.7. The molecule has 0 saturated heterocycles. The fourth-order valence-electron chi connectivity index (χ4n) is 2.17. The Morgan fingerprint density at radius 3 is 2.62 bits per heavy atom. The van der Waals surface area contributed by atoms with Crippen molar-refractivity contribution in [2.24, 2.45) is 0 Å². The van der Waals surface area contributed by atoms with Crippen LogP contribution in [0.1, 0.15) is 21.7 Å². The minimum atomic E-state index is -4.48. The first-order valence-corrected chi connectivity index (χ1v) is 7.46. The van der Waals surface area contributed by atoms with Gasteiger partial charge in [0.25, 0.3) is 5.91 Å². The molecule has 0 atom stereocenters. The second kappa shape index (κ2) is 6.87. The van der Waals surface area contributed by atoms with E-state index in [1.54, 1.807) is 13.0 Å². The molecule has 0 aliphatic rings. The number of benzene rings is 1. The number of rotatable bonds is 4. The molecular weight excluding hydrogens is 349 g/mol. The van der Waals surface area contributed by atoms with Crippen LogP contribution in [0.4, 0.5) is 30.5 Å². The number of carbonyl (C=O) groups is 1. The van der Waals surface area contributed by atoms with Crippen LogP contribution in [0.2, 0.25) is 0 Å². The lowest BCUT2D eigenvalue weighted by molar-refractivity contribution is -0.137. The van der Waals surface area contributed by atoms with Crippen molar-refractivity contribution >= 4 is 23.2 Å². The highest BCUT2D eigenvalue weighted by molar-refractivity contribution is 6.04. The van der Waals surface area contributed by atoms with E-state index in [2.05, 4.69) is 20.8 Å². The fraction of sp³-hybridized carbons (Fsp3) is 0.118. The molecule has 0 spiro atoms. The van der Waals surface area contributed by atoms with E-state index in [-0.39, 0.29) is 11.3 Å². The summed E-state index contributed by atoms with van der Waals surface area (Å²) in [7, 11) is 0. The number of hydrogen-bond acceptors (Lipinski definition) is 5. The van der Waals surface area contributed by atoms with Crippen molar-refractivity contribution in [1.82, 2.24) is 10.1 Å². The van der Waals surface area contributed by atoms with Crippen LogP contribution >= 0.6 is 0 Å². The third-order valence-corrected chi connectivity index (χ3v) is 3.35. The van der Waals surface area contributed by atoms with E-state index in [1.165, 1.54) is 30.5 Å². The number of aryl methyl sites for hydroxylation is 1. The predicted octanol–water partition coefficient (Wildman–Crippen LogP) is 4.39. The monoisotopic (exact) mass is 362 g/mol. The van der Waals surface area contributed by atoms with Gasteiger partial charge in [-0.3, -0.25) is 4.79 Å². The van der Waals surface area contributed by atoms with E-state index in [9.17, 15) is 18.0 Å². The highest BCUT2D eigenvalue weighted by Gasteiger charge is 2.30.